The van der Waals surface area contributed by atoms with E-state index in [0.29, 0.717) is 0 Å². The average molecular weight is 326 g/mol. The molecule has 0 aromatic rings. The highest BCUT2D eigenvalue weighted by atomic mass is 32.2. The first-order valence-electron chi connectivity index (χ1n) is 6.08. The first-order valence-corrected chi connectivity index (χ1v) is 7.90. The van der Waals surface area contributed by atoms with Crippen molar-refractivity contribution in [1.82, 2.24) is 10.6 Å². The van der Waals surface area contributed by atoms with Crippen LogP contribution in [0.1, 0.15) is 20.8 Å². The molecule has 0 rings (SSSR count). The highest BCUT2D eigenvalue weighted by Crippen LogP contribution is 2.06. The Labute approximate surface area is 124 Å². The van der Waals surface area contributed by atoms with Crippen LogP contribution in [0.2, 0.25) is 0 Å². The van der Waals surface area contributed by atoms with Gasteiger partial charge >= 0.3 is 12.2 Å². The van der Waals surface area contributed by atoms with E-state index < -0.39 is 33.9 Å². The van der Waals surface area contributed by atoms with Crippen LogP contribution in [0.3, 0.4) is 0 Å². The van der Waals surface area contributed by atoms with Crippen LogP contribution in [0.15, 0.2) is 0 Å². The van der Waals surface area contributed by atoms with Gasteiger partial charge in [0.2, 0.25) is 0 Å². The normalized spacial score (nSPS) is 13.2. The molecule has 0 saturated carbocycles. The summed E-state index contributed by atoms with van der Waals surface area (Å²) in [5.74, 6) is 0. The summed E-state index contributed by atoms with van der Waals surface area (Å²) in [6, 6.07) is -0.792. The molecule has 0 aromatic carbocycles. The molecule has 0 saturated heterocycles. The van der Waals surface area contributed by atoms with E-state index in [0.717, 1.165) is 13.4 Å². The van der Waals surface area contributed by atoms with Crippen molar-refractivity contribution >= 4 is 22.3 Å². The molecule has 0 bridgehead atoms. The molecule has 0 unspecified atom stereocenters. The Morgan fingerprint density at radius 3 is 2.19 bits per heavy atom. The second-order valence-corrected chi connectivity index (χ2v) is 6.85. The third-order valence-corrected chi connectivity index (χ3v) is 2.45. The first kappa shape index (κ1) is 19.4. The molecule has 0 aliphatic heterocycles. The van der Waals surface area contributed by atoms with E-state index in [2.05, 4.69) is 19.6 Å². The Hall–Kier alpha value is -1.55. The Balaban J connectivity index is 4.46. The van der Waals surface area contributed by atoms with Crippen molar-refractivity contribution in [1.29, 1.82) is 0 Å². The molecule has 0 aliphatic carbocycles. The third-order valence-electron chi connectivity index (χ3n) is 1.88. The summed E-state index contributed by atoms with van der Waals surface area (Å²) in [5.41, 5.74) is -0.668. The molecule has 124 valence electrons. The van der Waals surface area contributed by atoms with E-state index in [-0.39, 0.29) is 13.2 Å². The van der Waals surface area contributed by atoms with Gasteiger partial charge in [-0.05, 0) is 20.8 Å². The molecular formula is C11H22N2O7S. The quantitative estimate of drug-likeness (QED) is 0.669. The maximum absolute atomic E-state index is 11.5. The predicted octanol–water partition coefficient (Wildman–Crippen LogP) is 0.212. The maximum Gasteiger partial charge on any atom is 0.407 e. The molecule has 0 fully saturated rings. The van der Waals surface area contributed by atoms with Crippen molar-refractivity contribution in [3.63, 3.8) is 0 Å². The van der Waals surface area contributed by atoms with Crippen LogP contribution in [0.25, 0.3) is 0 Å². The minimum absolute atomic E-state index is 0.0838. The van der Waals surface area contributed by atoms with Crippen LogP contribution in [0.5, 0.6) is 0 Å². The Kier molecular flexibility index (Phi) is 7.44. The van der Waals surface area contributed by atoms with Gasteiger partial charge in [-0.25, -0.2) is 9.59 Å². The van der Waals surface area contributed by atoms with Gasteiger partial charge < -0.3 is 20.1 Å². The SMILES string of the molecule is COC(=O)N[C@H](CNC(=O)OC(C)(C)C)COS(C)(=O)=O. The molecule has 21 heavy (non-hydrogen) atoms. The van der Waals surface area contributed by atoms with Gasteiger partial charge in [-0.2, -0.15) is 8.42 Å². The fourth-order valence-electron chi connectivity index (χ4n) is 1.10. The van der Waals surface area contributed by atoms with Gasteiger partial charge in [-0.3, -0.25) is 4.18 Å². The topological polar surface area (TPSA) is 120 Å². The van der Waals surface area contributed by atoms with Crippen LogP contribution in [-0.2, 0) is 23.8 Å². The van der Waals surface area contributed by atoms with Crippen molar-refractivity contribution in [2.24, 2.45) is 0 Å². The predicted molar refractivity (Wildman–Crippen MR) is 74.4 cm³/mol. The minimum atomic E-state index is -3.67. The zero-order chi connectivity index (χ0) is 16.7. The van der Waals surface area contributed by atoms with Crippen molar-refractivity contribution in [3.05, 3.63) is 0 Å². The number of amides is 2. The van der Waals surface area contributed by atoms with Gasteiger partial charge in [0.25, 0.3) is 10.1 Å². The van der Waals surface area contributed by atoms with Gasteiger partial charge in [-0.1, -0.05) is 0 Å². The van der Waals surface area contributed by atoms with Gasteiger partial charge in [0, 0.05) is 6.54 Å². The lowest BCUT2D eigenvalue weighted by Crippen LogP contribution is -2.47. The number of rotatable bonds is 6. The summed E-state index contributed by atoms with van der Waals surface area (Å²) in [7, 11) is -2.51. The van der Waals surface area contributed by atoms with Gasteiger partial charge in [0.15, 0.2) is 0 Å². The highest BCUT2D eigenvalue weighted by molar-refractivity contribution is 7.85. The molecule has 0 spiro atoms. The van der Waals surface area contributed by atoms with E-state index in [9.17, 15) is 18.0 Å². The van der Waals surface area contributed by atoms with E-state index in [4.69, 9.17) is 4.74 Å². The molecule has 0 radical (unpaired) electrons. The lowest BCUT2D eigenvalue weighted by molar-refractivity contribution is 0.0518. The lowest BCUT2D eigenvalue weighted by atomic mass is 10.2. The maximum atomic E-state index is 11.5. The van der Waals surface area contributed by atoms with Crippen LogP contribution < -0.4 is 10.6 Å². The van der Waals surface area contributed by atoms with Crippen molar-refractivity contribution in [2.75, 3.05) is 26.5 Å². The first-order chi connectivity index (χ1) is 9.43. The van der Waals surface area contributed by atoms with Crippen molar-refractivity contribution < 1.29 is 31.7 Å². The number of ether oxygens (including phenoxy) is 2. The van der Waals surface area contributed by atoms with E-state index in [1.54, 1.807) is 20.8 Å². The minimum Gasteiger partial charge on any atom is -0.453 e. The summed E-state index contributed by atoms with van der Waals surface area (Å²) in [5, 5.41) is 4.74. The van der Waals surface area contributed by atoms with Crippen molar-refractivity contribution in [2.45, 2.75) is 32.4 Å². The fraction of sp³-hybridized carbons (Fsp3) is 0.818. The number of nitrogens with one attached hydrogen (secondary N) is 2. The monoisotopic (exact) mass is 326 g/mol. The number of carbonyl (C=O) groups is 2. The zero-order valence-corrected chi connectivity index (χ0v) is 13.6. The smallest absolute Gasteiger partial charge is 0.407 e. The summed E-state index contributed by atoms with van der Waals surface area (Å²) < 4.78 is 35.9. The van der Waals surface area contributed by atoms with Gasteiger partial charge in [0.1, 0.15) is 5.60 Å². The second-order valence-electron chi connectivity index (χ2n) is 5.20. The zero-order valence-electron chi connectivity index (χ0n) is 12.8. The molecule has 2 N–H and O–H groups in total. The number of hydrogen-bond donors (Lipinski definition) is 2. The van der Waals surface area contributed by atoms with E-state index in [1.807, 2.05) is 0 Å². The summed E-state index contributed by atoms with van der Waals surface area (Å²) >= 11 is 0. The molecule has 10 heteroatoms. The number of hydrogen-bond acceptors (Lipinski definition) is 7. The Bertz CT molecular complexity index is 456. The van der Waals surface area contributed by atoms with Crippen LogP contribution >= 0.6 is 0 Å². The molecule has 2 amide bonds. The molecule has 0 aromatic heterocycles. The molecule has 1 atom stereocenters. The average Bonchev–Trinajstić information content (AvgIpc) is 2.29. The van der Waals surface area contributed by atoms with Gasteiger partial charge in [0.05, 0.1) is 26.0 Å². The van der Waals surface area contributed by atoms with E-state index >= 15 is 0 Å². The summed E-state index contributed by atoms with van der Waals surface area (Å²) in [6.45, 7) is 4.67. The standard InChI is InChI=1S/C11H22N2O7S/c1-11(2,3)20-9(14)12-6-8(13-10(15)18-4)7-19-21(5,16)17/h8H,6-7H2,1-5H3,(H,12,14)(H,13,15)/t8-/m1/s1. The Morgan fingerprint density at radius 2 is 1.76 bits per heavy atom. The third kappa shape index (κ3) is 11.9. The largest absolute Gasteiger partial charge is 0.453 e. The van der Waals surface area contributed by atoms with Crippen molar-refractivity contribution in [3.8, 4) is 0 Å². The second kappa shape index (κ2) is 8.03. The summed E-state index contributed by atoms with van der Waals surface area (Å²) in [6.07, 6.45) is -0.592. The Morgan fingerprint density at radius 1 is 1.19 bits per heavy atom. The van der Waals surface area contributed by atoms with Gasteiger partial charge in [-0.15, -0.1) is 0 Å². The van der Waals surface area contributed by atoms with Crippen LogP contribution in [0, 0.1) is 0 Å². The fourth-order valence-corrected chi connectivity index (χ4v) is 1.52. The van der Waals surface area contributed by atoms with Crippen LogP contribution in [-0.4, -0.2) is 58.8 Å². The summed E-state index contributed by atoms with van der Waals surface area (Å²) in [4.78, 5) is 22.6. The highest BCUT2D eigenvalue weighted by Gasteiger charge is 2.20. The number of carbonyl (C=O) groups excluding carboxylic acids is 2. The molecule has 0 heterocycles. The molecule has 0 aliphatic rings. The van der Waals surface area contributed by atoms with E-state index in [1.165, 1.54) is 0 Å². The molecular weight excluding hydrogens is 304 g/mol. The number of alkyl carbamates (subject to hydrolysis) is 2. The number of methoxy groups -OCH3 is 1. The molecule has 9 nitrogen and oxygen atoms in total. The lowest BCUT2D eigenvalue weighted by Gasteiger charge is -2.22. The van der Waals surface area contributed by atoms with Crippen LogP contribution in [0.4, 0.5) is 9.59 Å².